The van der Waals surface area contributed by atoms with Crippen LogP contribution in [0.25, 0.3) is 11.1 Å². The van der Waals surface area contributed by atoms with E-state index in [-0.39, 0.29) is 31.3 Å². The number of carbonyl (C=O) groups is 2. The molecule has 0 saturated carbocycles. The first-order chi connectivity index (χ1) is 19.4. The van der Waals surface area contributed by atoms with Crippen LogP contribution < -0.4 is 10.6 Å². The van der Waals surface area contributed by atoms with E-state index < -0.39 is 0 Å². The molecule has 0 bridgehead atoms. The molecule has 2 aromatic carbocycles. The number of hydrogen-bond acceptors (Lipinski definition) is 9. The van der Waals surface area contributed by atoms with Gasteiger partial charge in [0.05, 0.1) is 6.61 Å². The van der Waals surface area contributed by atoms with Crippen molar-refractivity contribution >= 4 is 40.1 Å². The minimum Gasteiger partial charge on any atom is -0.396 e. The molecule has 4 rings (SSSR count). The first-order valence-electron chi connectivity index (χ1n) is 13.3. The molecule has 0 atom stereocenters. The van der Waals surface area contributed by atoms with E-state index in [9.17, 15) is 9.59 Å². The van der Waals surface area contributed by atoms with E-state index in [1.54, 1.807) is 12.4 Å². The monoisotopic (exact) mass is 578 g/mol. The Morgan fingerprint density at radius 1 is 0.850 bits per heavy atom. The average Bonchev–Trinajstić information content (AvgIpc) is 3.62. The number of unbranched alkanes of at least 4 members (excludes halogenated alkanes) is 1. The van der Waals surface area contributed by atoms with Crippen molar-refractivity contribution in [1.82, 2.24) is 15.3 Å². The molecule has 2 heterocycles. The van der Waals surface area contributed by atoms with Gasteiger partial charge in [0.25, 0.3) is 5.91 Å². The number of rotatable bonds is 14. The highest BCUT2D eigenvalue weighted by atomic mass is 32.1. The van der Waals surface area contributed by atoms with E-state index in [1.807, 2.05) is 50.2 Å². The first-order valence-corrected chi connectivity index (χ1v) is 14.9. The predicted octanol–water partition coefficient (Wildman–Crippen LogP) is 4.96. The highest BCUT2D eigenvalue weighted by Crippen LogP contribution is 2.33. The average molecular weight is 579 g/mol. The largest absolute Gasteiger partial charge is 0.396 e. The maximum Gasteiger partial charge on any atom is 0.284 e. The summed E-state index contributed by atoms with van der Waals surface area (Å²) in [7, 11) is 0. The van der Waals surface area contributed by atoms with Crippen molar-refractivity contribution in [2.45, 2.75) is 46.1 Å². The van der Waals surface area contributed by atoms with Gasteiger partial charge in [0.1, 0.15) is 0 Å². The number of Topliss-reactive ketones (excluding diaryl/α,β-unsaturated/α-hetero) is 1. The van der Waals surface area contributed by atoms with Crippen molar-refractivity contribution < 1.29 is 19.8 Å². The van der Waals surface area contributed by atoms with Crippen LogP contribution in [0.3, 0.4) is 0 Å². The van der Waals surface area contributed by atoms with Crippen molar-refractivity contribution in [3.63, 3.8) is 0 Å². The number of aromatic nitrogens is 2. The Balaban J connectivity index is 1.48. The highest BCUT2D eigenvalue weighted by Gasteiger charge is 2.18. The summed E-state index contributed by atoms with van der Waals surface area (Å²) in [6.07, 6.45) is 6.14. The summed E-state index contributed by atoms with van der Waals surface area (Å²) in [5.74, 6) is -0.278. The van der Waals surface area contributed by atoms with Gasteiger partial charge in [0.15, 0.2) is 15.8 Å². The molecule has 0 aliphatic rings. The Kier molecular flexibility index (Phi) is 10.7. The molecule has 0 aliphatic carbocycles. The predicted molar refractivity (Wildman–Crippen MR) is 160 cm³/mol. The van der Waals surface area contributed by atoms with Crippen LogP contribution in [0.15, 0.2) is 48.8 Å². The fraction of sp³-hybridized carbons (Fsp3) is 0.333. The number of hydrogen-bond donors (Lipinski definition) is 4. The molecule has 10 heteroatoms. The van der Waals surface area contributed by atoms with Gasteiger partial charge < -0.3 is 20.8 Å². The summed E-state index contributed by atoms with van der Waals surface area (Å²) in [5, 5.41) is 24.9. The van der Waals surface area contributed by atoms with E-state index in [0.717, 1.165) is 56.8 Å². The second-order valence-corrected chi connectivity index (χ2v) is 11.7. The van der Waals surface area contributed by atoms with E-state index in [0.29, 0.717) is 28.8 Å². The van der Waals surface area contributed by atoms with Gasteiger partial charge >= 0.3 is 0 Å². The molecule has 0 fully saturated rings. The summed E-state index contributed by atoms with van der Waals surface area (Å²) < 4.78 is 0. The molecule has 4 aromatic rings. The third-order valence-electron chi connectivity index (χ3n) is 6.63. The number of nitrogens with zero attached hydrogens (tertiary/aromatic N) is 2. The molecule has 0 aliphatic heterocycles. The van der Waals surface area contributed by atoms with Gasteiger partial charge in [-0.1, -0.05) is 30.3 Å². The topological polar surface area (TPSA) is 124 Å². The smallest absolute Gasteiger partial charge is 0.284 e. The van der Waals surface area contributed by atoms with Gasteiger partial charge in [-0.05, 0) is 67.0 Å². The molecule has 0 unspecified atom stereocenters. The van der Waals surface area contributed by atoms with Crippen molar-refractivity contribution in [2.75, 3.05) is 25.1 Å². The van der Waals surface area contributed by atoms with Gasteiger partial charge in [-0.2, -0.15) is 0 Å². The van der Waals surface area contributed by atoms with Crippen LogP contribution in [0.1, 0.15) is 58.9 Å². The Morgan fingerprint density at radius 3 is 2.33 bits per heavy atom. The summed E-state index contributed by atoms with van der Waals surface area (Å²) >= 11 is 2.75. The molecule has 2 aromatic heterocycles. The fourth-order valence-corrected chi connectivity index (χ4v) is 6.07. The number of aliphatic hydroxyl groups is 2. The van der Waals surface area contributed by atoms with Crippen LogP contribution in [-0.4, -0.2) is 51.6 Å². The van der Waals surface area contributed by atoms with Gasteiger partial charge in [0.2, 0.25) is 0 Å². The minimum atomic E-state index is -0.270. The molecule has 0 saturated heterocycles. The van der Waals surface area contributed by atoms with Crippen LogP contribution in [-0.2, 0) is 19.4 Å². The van der Waals surface area contributed by atoms with E-state index in [1.165, 1.54) is 22.7 Å². The summed E-state index contributed by atoms with van der Waals surface area (Å²) in [5.41, 5.74) is 5.58. The lowest BCUT2D eigenvalue weighted by atomic mass is 9.91. The number of benzene rings is 2. The molecule has 4 N–H and O–H groups in total. The van der Waals surface area contributed by atoms with Crippen LogP contribution >= 0.6 is 22.7 Å². The zero-order valence-corrected chi connectivity index (χ0v) is 24.3. The molecular formula is C30H34N4O4S2. The second kappa shape index (κ2) is 14.4. The van der Waals surface area contributed by atoms with Gasteiger partial charge in [-0.3, -0.25) is 9.59 Å². The number of aryl methyl sites for hydroxylation is 1. The fourth-order valence-electron chi connectivity index (χ4n) is 4.40. The minimum absolute atomic E-state index is 0.00854. The lowest BCUT2D eigenvalue weighted by Crippen LogP contribution is -2.16. The summed E-state index contributed by atoms with van der Waals surface area (Å²) in [6, 6.07) is 11.8. The summed E-state index contributed by atoms with van der Waals surface area (Å²) in [4.78, 5) is 36.6. The van der Waals surface area contributed by atoms with Crippen molar-refractivity contribution in [3.8, 4) is 11.1 Å². The highest BCUT2D eigenvalue weighted by molar-refractivity contribution is 7.14. The lowest BCUT2D eigenvalue weighted by molar-refractivity contribution is 0.0990. The molecule has 1 amide bonds. The number of thiazole rings is 2. The third-order valence-corrected chi connectivity index (χ3v) is 8.72. The number of carbonyl (C=O) groups excluding carboxylic acids is 2. The Labute approximate surface area is 242 Å². The summed E-state index contributed by atoms with van der Waals surface area (Å²) in [6.45, 7) is 5.26. The maximum atomic E-state index is 13.1. The molecule has 0 radical (unpaired) electrons. The van der Waals surface area contributed by atoms with Gasteiger partial charge in [-0.25, -0.2) is 9.97 Å². The number of anilines is 1. The van der Waals surface area contributed by atoms with E-state index in [2.05, 4.69) is 20.6 Å². The standard InChI is InChI=1S/C30H34N4O4S2/c1-19-21(15-27(37)29-32-17-22(39-29)8-3-4-13-35)7-5-9-24(19)25-10-6-11-26(20(25)2)34-28(38)30-33-18-23(40-30)16-31-12-14-36/h5-7,9-11,17-18,31,35-36H,3-4,8,12-16H2,1-2H3,(H,34,38). The quantitative estimate of drug-likeness (QED) is 0.123. The lowest BCUT2D eigenvalue weighted by Gasteiger charge is -2.16. The molecule has 210 valence electrons. The van der Waals surface area contributed by atoms with Crippen molar-refractivity contribution in [3.05, 3.63) is 85.3 Å². The van der Waals surface area contributed by atoms with Crippen molar-refractivity contribution in [1.29, 1.82) is 0 Å². The molecule has 8 nitrogen and oxygen atoms in total. The molecular weight excluding hydrogens is 544 g/mol. The first kappa shape index (κ1) is 29.7. The van der Waals surface area contributed by atoms with Crippen molar-refractivity contribution in [2.24, 2.45) is 0 Å². The van der Waals surface area contributed by atoms with Crippen LogP contribution in [0.2, 0.25) is 0 Å². The second-order valence-electron chi connectivity index (χ2n) is 9.47. The zero-order chi connectivity index (χ0) is 28.5. The third kappa shape index (κ3) is 7.47. The molecule has 0 spiro atoms. The number of aliphatic hydroxyl groups excluding tert-OH is 2. The van der Waals surface area contributed by atoms with Gasteiger partial charge in [-0.15, -0.1) is 22.7 Å². The van der Waals surface area contributed by atoms with E-state index in [4.69, 9.17) is 10.2 Å². The Bertz CT molecular complexity index is 1350. The Morgan fingerprint density at radius 2 is 1.55 bits per heavy atom. The Hall–Kier alpha value is -3.28. The van der Waals surface area contributed by atoms with Crippen LogP contribution in [0, 0.1) is 13.8 Å². The molecule has 40 heavy (non-hydrogen) atoms. The number of nitrogens with one attached hydrogen (secondary N) is 2. The zero-order valence-electron chi connectivity index (χ0n) is 22.7. The van der Waals surface area contributed by atoms with Crippen LogP contribution in [0.5, 0.6) is 0 Å². The maximum absolute atomic E-state index is 13.1. The number of ketones is 1. The van der Waals surface area contributed by atoms with E-state index >= 15 is 0 Å². The van der Waals surface area contributed by atoms with Crippen LogP contribution in [0.4, 0.5) is 5.69 Å². The van der Waals surface area contributed by atoms with Gasteiger partial charge in [0, 0.05) is 54.0 Å². The normalized spacial score (nSPS) is 11.1. The number of amides is 1. The SMILES string of the molecule is Cc1c(CC(=O)c2ncc(CCCCO)s2)cccc1-c1cccc(NC(=O)c2ncc(CNCCO)s2)c1C.